The van der Waals surface area contributed by atoms with E-state index in [9.17, 15) is 4.79 Å². The molecule has 0 aliphatic heterocycles. The van der Waals surface area contributed by atoms with Gasteiger partial charge in [0, 0.05) is 13.1 Å². The van der Waals surface area contributed by atoms with Crippen LogP contribution in [0.15, 0.2) is 0 Å². The Bertz CT molecular complexity index is 257. The standard InChI is InChI=1S/C13H24N2O/c1-3-8-14-12(16)10(2)15-9-13(6-7-13)11-4-5-11/h10-11,15H,3-9H2,1-2H3,(H,14,16). The summed E-state index contributed by atoms with van der Waals surface area (Å²) in [6, 6.07) is -0.0391. The third kappa shape index (κ3) is 2.76. The summed E-state index contributed by atoms with van der Waals surface area (Å²) in [5, 5.41) is 6.34. The minimum absolute atomic E-state index is 0.0391. The van der Waals surface area contributed by atoms with E-state index >= 15 is 0 Å². The van der Waals surface area contributed by atoms with Gasteiger partial charge in [-0.15, -0.1) is 0 Å². The van der Waals surface area contributed by atoms with E-state index in [2.05, 4.69) is 17.6 Å². The Morgan fingerprint density at radius 2 is 2.12 bits per heavy atom. The van der Waals surface area contributed by atoms with Crippen LogP contribution >= 0.6 is 0 Å². The lowest BCUT2D eigenvalue weighted by Crippen LogP contribution is -2.44. The number of hydrogen-bond acceptors (Lipinski definition) is 2. The van der Waals surface area contributed by atoms with Gasteiger partial charge in [0.1, 0.15) is 0 Å². The molecule has 0 aromatic rings. The molecular formula is C13H24N2O. The largest absolute Gasteiger partial charge is 0.355 e. The summed E-state index contributed by atoms with van der Waals surface area (Å²) in [5.74, 6) is 1.11. The fourth-order valence-corrected chi connectivity index (χ4v) is 2.44. The molecule has 0 bridgehead atoms. The maximum Gasteiger partial charge on any atom is 0.236 e. The molecule has 0 aromatic heterocycles. The third-order valence-corrected chi connectivity index (χ3v) is 4.04. The van der Waals surface area contributed by atoms with Crippen LogP contribution in [-0.4, -0.2) is 25.0 Å². The van der Waals surface area contributed by atoms with Crippen molar-refractivity contribution in [2.45, 2.75) is 52.0 Å². The molecule has 2 N–H and O–H groups in total. The summed E-state index contributed by atoms with van der Waals surface area (Å²) in [6.07, 6.45) is 6.57. The van der Waals surface area contributed by atoms with Crippen LogP contribution in [0.4, 0.5) is 0 Å². The van der Waals surface area contributed by atoms with Crippen molar-refractivity contribution >= 4 is 5.91 Å². The molecule has 2 aliphatic rings. The van der Waals surface area contributed by atoms with Crippen LogP contribution in [-0.2, 0) is 4.79 Å². The molecule has 1 unspecified atom stereocenters. The zero-order valence-electron chi connectivity index (χ0n) is 10.5. The van der Waals surface area contributed by atoms with E-state index in [0.29, 0.717) is 5.41 Å². The van der Waals surface area contributed by atoms with Crippen molar-refractivity contribution in [2.24, 2.45) is 11.3 Å². The summed E-state index contributed by atoms with van der Waals surface area (Å²) in [6.45, 7) is 5.87. The summed E-state index contributed by atoms with van der Waals surface area (Å²) in [4.78, 5) is 11.7. The lowest BCUT2D eigenvalue weighted by atomic mass is 10.0. The minimum Gasteiger partial charge on any atom is -0.355 e. The van der Waals surface area contributed by atoms with Gasteiger partial charge in [0.05, 0.1) is 6.04 Å². The van der Waals surface area contributed by atoms with Gasteiger partial charge >= 0.3 is 0 Å². The predicted molar refractivity (Wildman–Crippen MR) is 65.2 cm³/mol. The second kappa shape index (κ2) is 4.74. The Morgan fingerprint density at radius 3 is 2.62 bits per heavy atom. The van der Waals surface area contributed by atoms with E-state index in [4.69, 9.17) is 0 Å². The van der Waals surface area contributed by atoms with Crippen LogP contribution in [0.3, 0.4) is 0 Å². The van der Waals surface area contributed by atoms with E-state index in [-0.39, 0.29) is 11.9 Å². The summed E-state index contributed by atoms with van der Waals surface area (Å²) >= 11 is 0. The highest BCUT2D eigenvalue weighted by atomic mass is 16.2. The maximum absolute atomic E-state index is 11.7. The summed E-state index contributed by atoms with van der Waals surface area (Å²) in [7, 11) is 0. The van der Waals surface area contributed by atoms with Gasteiger partial charge in [-0.3, -0.25) is 4.79 Å². The molecule has 2 saturated carbocycles. The summed E-state index contributed by atoms with van der Waals surface area (Å²) < 4.78 is 0. The van der Waals surface area contributed by atoms with Crippen molar-refractivity contribution < 1.29 is 4.79 Å². The Labute approximate surface area is 98.4 Å². The van der Waals surface area contributed by atoms with Crippen LogP contribution in [0.2, 0.25) is 0 Å². The van der Waals surface area contributed by atoms with Crippen LogP contribution in [0.1, 0.15) is 46.0 Å². The molecule has 16 heavy (non-hydrogen) atoms. The second-order valence-corrected chi connectivity index (χ2v) is 5.53. The van der Waals surface area contributed by atoms with E-state index < -0.39 is 0 Å². The number of amides is 1. The van der Waals surface area contributed by atoms with Gasteiger partial charge in [-0.05, 0) is 50.4 Å². The highest BCUT2D eigenvalue weighted by molar-refractivity contribution is 5.81. The normalized spacial score (nSPS) is 23.9. The lowest BCUT2D eigenvalue weighted by molar-refractivity contribution is -0.122. The highest BCUT2D eigenvalue weighted by Gasteiger charge is 2.53. The molecule has 1 atom stereocenters. The molecule has 0 radical (unpaired) electrons. The van der Waals surface area contributed by atoms with E-state index in [1.165, 1.54) is 25.7 Å². The van der Waals surface area contributed by atoms with Gasteiger partial charge in [-0.1, -0.05) is 6.92 Å². The highest BCUT2D eigenvalue weighted by Crippen LogP contribution is 2.60. The molecule has 1 amide bonds. The van der Waals surface area contributed by atoms with Gasteiger partial charge in [0.15, 0.2) is 0 Å². The van der Waals surface area contributed by atoms with Crippen LogP contribution in [0.25, 0.3) is 0 Å². The average Bonchev–Trinajstić information content (AvgIpc) is 3.14. The van der Waals surface area contributed by atoms with Gasteiger partial charge in [0.25, 0.3) is 0 Å². The second-order valence-electron chi connectivity index (χ2n) is 5.53. The summed E-state index contributed by atoms with van der Waals surface area (Å²) in [5.41, 5.74) is 0.583. The number of hydrogen-bond donors (Lipinski definition) is 2. The van der Waals surface area contributed by atoms with E-state index in [0.717, 1.165) is 25.4 Å². The van der Waals surface area contributed by atoms with Crippen LogP contribution in [0, 0.1) is 11.3 Å². The molecule has 0 spiro atoms. The van der Waals surface area contributed by atoms with E-state index in [1.54, 1.807) is 0 Å². The molecular weight excluding hydrogens is 200 g/mol. The first-order valence-electron chi connectivity index (χ1n) is 6.69. The van der Waals surface area contributed by atoms with Gasteiger partial charge in [0.2, 0.25) is 5.91 Å². The van der Waals surface area contributed by atoms with Crippen LogP contribution < -0.4 is 10.6 Å². The molecule has 2 fully saturated rings. The fourth-order valence-electron chi connectivity index (χ4n) is 2.44. The molecule has 0 aromatic carbocycles. The van der Waals surface area contributed by atoms with Crippen molar-refractivity contribution in [3.63, 3.8) is 0 Å². The van der Waals surface area contributed by atoms with Gasteiger partial charge in [-0.25, -0.2) is 0 Å². The molecule has 92 valence electrons. The number of carbonyl (C=O) groups is 1. The number of carbonyl (C=O) groups excluding carboxylic acids is 1. The first-order chi connectivity index (χ1) is 7.68. The van der Waals surface area contributed by atoms with Crippen molar-refractivity contribution in [1.29, 1.82) is 0 Å². The fraction of sp³-hybridized carbons (Fsp3) is 0.923. The Kier molecular flexibility index (Phi) is 3.53. The van der Waals surface area contributed by atoms with E-state index in [1.807, 2.05) is 6.92 Å². The molecule has 0 saturated heterocycles. The molecule has 2 aliphatic carbocycles. The topological polar surface area (TPSA) is 41.1 Å². The first-order valence-corrected chi connectivity index (χ1v) is 6.69. The molecule has 3 heteroatoms. The lowest BCUT2D eigenvalue weighted by Gasteiger charge is -2.19. The van der Waals surface area contributed by atoms with Crippen LogP contribution in [0.5, 0.6) is 0 Å². The Hall–Kier alpha value is -0.570. The first kappa shape index (κ1) is 11.9. The zero-order valence-corrected chi connectivity index (χ0v) is 10.5. The predicted octanol–water partition coefficient (Wildman–Crippen LogP) is 1.68. The van der Waals surface area contributed by atoms with Gasteiger partial charge < -0.3 is 10.6 Å². The smallest absolute Gasteiger partial charge is 0.236 e. The van der Waals surface area contributed by atoms with Crippen molar-refractivity contribution in [2.75, 3.05) is 13.1 Å². The van der Waals surface area contributed by atoms with Crippen molar-refractivity contribution in [3.05, 3.63) is 0 Å². The molecule has 0 heterocycles. The molecule has 3 nitrogen and oxygen atoms in total. The monoisotopic (exact) mass is 224 g/mol. The van der Waals surface area contributed by atoms with Crippen molar-refractivity contribution in [1.82, 2.24) is 10.6 Å². The minimum atomic E-state index is -0.0391. The zero-order chi connectivity index (χ0) is 11.6. The molecule has 2 rings (SSSR count). The Balaban J connectivity index is 1.67. The SMILES string of the molecule is CCCNC(=O)C(C)NCC1(C2CC2)CC1. The number of rotatable bonds is 7. The average molecular weight is 224 g/mol. The van der Waals surface area contributed by atoms with Gasteiger partial charge in [-0.2, -0.15) is 0 Å². The third-order valence-electron chi connectivity index (χ3n) is 4.04. The number of nitrogens with one attached hydrogen (secondary N) is 2. The Morgan fingerprint density at radius 1 is 1.44 bits per heavy atom. The quantitative estimate of drug-likeness (QED) is 0.691. The van der Waals surface area contributed by atoms with Crippen molar-refractivity contribution in [3.8, 4) is 0 Å². The maximum atomic E-state index is 11.7.